The van der Waals surface area contributed by atoms with Gasteiger partial charge in [-0.05, 0) is 63.0 Å². The van der Waals surface area contributed by atoms with Gasteiger partial charge in [0.25, 0.3) is 5.91 Å². The number of carbonyl (C=O) groups excluding carboxylic acids is 1. The second-order valence-corrected chi connectivity index (χ2v) is 9.75. The number of hydrogen-bond acceptors (Lipinski definition) is 4. The van der Waals surface area contributed by atoms with E-state index in [-0.39, 0.29) is 16.8 Å². The Labute approximate surface area is 170 Å². The van der Waals surface area contributed by atoms with E-state index in [1.54, 1.807) is 18.2 Å². The van der Waals surface area contributed by atoms with Gasteiger partial charge < -0.3 is 5.32 Å². The summed E-state index contributed by atoms with van der Waals surface area (Å²) in [5, 5.41) is 3.17. The first-order valence-electron chi connectivity index (χ1n) is 9.32. The smallest absolute Gasteiger partial charge is 0.347 e. The Hall–Kier alpha value is -1.51. The fourth-order valence-electron chi connectivity index (χ4n) is 4.16. The highest BCUT2D eigenvalue weighted by Gasteiger charge is 2.40. The van der Waals surface area contributed by atoms with Crippen LogP contribution in [0.3, 0.4) is 0 Å². The lowest BCUT2D eigenvalue weighted by Gasteiger charge is -2.49. The predicted molar refractivity (Wildman–Crippen MR) is 105 cm³/mol. The molecule has 1 N–H and O–H groups in total. The van der Waals surface area contributed by atoms with Crippen molar-refractivity contribution >= 4 is 29.0 Å². The number of amides is 1. The van der Waals surface area contributed by atoms with E-state index in [9.17, 15) is 18.0 Å². The molecule has 150 valence electrons. The van der Waals surface area contributed by atoms with Gasteiger partial charge in [-0.3, -0.25) is 9.69 Å². The van der Waals surface area contributed by atoms with E-state index in [1.807, 2.05) is 0 Å². The summed E-state index contributed by atoms with van der Waals surface area (Å²) < 4.78 is 40.2. The molecule has 4 heterocycles. The number of benzene rings is 1. The van der Waals surface area contributed by atoms with Gasteiger partial charge >= 0.3 is 6.18 Å². The maximum absolute atomic E-state index is 13.2. The highest BCUT2D eigenvalue weighted by molar-refractivity contribution is 8.01. The summed E-state index contributed by atoms with van der Waals surface area (Å²) in [7, 11) is 0. The van der Waals surface area contributed by atoms with E-state index in [2.05, 4.69) is 17.1 Å². The summed E-state index contributed by atoms with van der Waals surface area (Å²) in [6, 6.07) is 9.40. The molecule has 0 aliphatic carbocycles. The minimum absolute atomic E-state index is 0.133. The summed E-state index contributed by atoms with van der Waals surface area (Å²) >= 11 is 2.28. The first-order valence-corrected chi connectivity index (χ1v) is 10.9. The quantitative estimate of drug-likeness (QED) is 0.736. The standard InChI is InChI=1S/C20H21F3N2OS2/c1-12-18(13-8-10-25(12)11-9-13)24-19(26)16-6-7-17(28-16)27-15-5-3-2-4-14(15)20(21,22)23/h2-7,12-13,18H,8-11H2,1H3,(H,24,26). The number of rotatable bonds is 4. The molecule has 2 atom stereocenters. The Morgan fingerprint density at radius 3 is 2.57 bits per heavy atom. The molecule has 5 rings (SSSR count). The van der Waals surface area contributed by atoms with E-state index in [0.29, 0.717) is 21.0 Å². The summed E-state index contributed by atoms with van der Waals surface area (Å²) in [5.41, 5.74) is -0.652. The molecule has 3 fully saturated rings. The lowest BCUT2D eigenvalue weighted by molar-refractivity contribution is -0.139. The fraction of sp³-hybridized carbons (Fsp3) is 0.450. The van der Waals surface area contributed by atoms with Crippen LogP contribution in [-0.4, -0.2) is 36.0 Å². The maximum Gasteiger partial charge on any atom is 0.417 e. The first kappa shape index (κ1) is 19.8. The van der Waals surface area contributed by atoms with E-state index < -0.39 is 11.7 Å². The average molecular weight is 427 g/mol. The molecule has 2 aromatic rings. The molecule has 3 aliphatic rings. The van der Waals surface area contributed by atoms with E-state index in [0.717, 1.165) is 43.8 Å². The van der Waals surface area contributed by atoms with E-state index >= 15 is 0 Å². The Balaban J connectivity index is 1.46. The highest BCUT2D eigenvalue weighted by atomic mass is 32.2. The van der Waals surface area contributed by atoms with Crippen molar-refractivity contribution in [2.75, 3.05) is 13.1 Å². The van der Waals surface area contributed by atoms with Gasteiger partial charge in [0.05, 0.1) is 14.6 Å². The van der Waals surface area contributed by atoms with Crippen LogP contribution in [0.15, 0.2) is 45.5 Å². The molecule has 28 heavy (non-hydrogen) atoms. The van der Waals surface area contributed by atoms with E-state index in [1.165, 1.54) is 23.5 Å². The normalized spacial score (nSPS) is 27.0. The molecule has 1 aromatic heterocycles. The molecule has 8 heteroatoms. The van der Waals surface area contributed by atoms with Gasteiger partial charge in [0.15, 0.2) is 0 Å². The van der Waals surface area contributed by atoms with Crippen LogP contribution in [-0.2, 0) is 6.18 Å². The predicted octanol–water partition coefficient (Wildman–Crippen LogP) is 5.13. The zero-order valence-electron chi connectivity index (χ0n) is 15.3. The number of fused-ring (bicyclic) bond motifs is 3. The molecule has 3 aliphatic heterocycles. The van der Waals surface area contributed by atoms with Crippen LogP contribution in [0.2, 0.25) is 0 Å². The largest absolute Gasteiger partial charge is 0.417 e. The molecule has 0 radical (unpaired) electrons. The second kappa shape index (κ2) is 7.72. The van der Waals surface area contributed by atoms with E-state index in [4.69, 9.17) is 0 Å². The molecule has 3 saturated heterocycles. The fourth-order valence-corrected chi connectivity index (χ4v) is 6.30. The molecule has 3 nitrogen and oxygen atoms in total. The lowest BCUT2D eigenvalue weighted by Crippen LogP contribution is -2.62. The number of carbonyl (C=O) groups is 1. The van der Waals surface area contributed by atoms with Crippen molar-refractivity contribution in [3.63, 3.8) is 0 Å². The van der Waals surface area contributed by atoms with Crippen molar-refractivity contribution in [3.05, 3.63) is 46.8 Å². The molecule has 2 bridgehead atoms. The van der Waals surface area contributed by atoms with Crippen LogP contribution >= 0.6 is 23.1 Å². The topological polar surface area (TPSA) is 32.3 Å². The maximum atomic E-state index is 13.2. The van der Waals surface area contributed by atoms with Crippen molar-refractivity contribution in [1.82, 2.24) is 10.2 Å². The summed E-state index contributed by atoms with van der Waals surface area (Å²) in [4.78, 5) is 15.8. The van der Waals surface area contributed by atoms with Gasteiger partial charge in [0.1, 0.15) is 0 Å². The van der Waals surface area contributed by atoms with Crippen molar-refractivity contribution in [2.24, 2.45) is 5.92 Å². The van der Waals surface area contributed by atoms with Gasteiger partial charge in [-0.1, -0.05) is 23.9 Å². The SMILES string of the molecule is CC1C(NC(=O)c2ccc(Sc3ccccc3C(F)(F)F)s2)C2CCN1CC2. The van der Waals surface area contributed by atoms with Gasteiger partial charge in [-0.2, -0.15) is 13.2 Å². The minimum Gasteiger partial charge on any atom is -0.347 e. The molecule has 0 saturated carbocycles. The molecular weight excluding hydrogens is 405 g/mol. The molecule has 0 spiro atoms. The molecule has 2 unspecified atom stereocenters. The lowest BCUT2D eigenvalue weighted by atomic mass is 9.79. The summed E-state index contributed by atoms with van der Waals surface area (Å²) in [6.07, 6.45) is -2.18. The molecule has 1 amide bonds. The average Bonchev–Trinajstić information content (AvgIpc) is 3.13. The number of hydrogen-bond donors (Lipinski definition) is 1. The van der Waals surface area contributed by atoms with Crippen LogP contribution in [0.5, 0.6) is 0 Å². The number of alkyl halides is 3. The Morgan fingerprint density at radius 2 is 1.89 bits per heavy atom. The van der Waals surface area contributed by atoms with Crippen molar-refractivity contribution < 1.29 is 18.0 Å². The second-order valence-electron chi connectivity index (χ2n) is 7.33. The zero-order chi connectivity index (χ0) is 19.9. The van der Waals surface area contributed by atoms with Gasteiger partial charge in [0.2, 0.25) is 0 Å². The summed E-state index contributed by atoms with van der Waals surface area (Å²) in [6.45, 7) is 4.34. The number of piperidine rings is 3. The Morgan fingerprint density at radius 1 is 1.18 bits per heavy atom. The zero-order valence-corrected chi connectivity index (χ0v) is 17.0. The number of nitrogens with one attached hydrogen (secondary N) is 1. The molecular formula is C20H21F3N2OS2. The van der Waals surface area contributed by atoms with Crippen LogP contribution in [0, 0.1) is 5.92 Å². The van der Waals surface area contributed by atoms with Crippen molar-refractivity contribution in [2.45, 2.75) is 47.1 Å². The van der Waals surface area contributed by atoms with Crippen LogP contribution < -0.4 is 5.32 Å². The number of nitrogens with zero attached hydrogens (tertiary/aromatic N) is 1. The van der Waals surface area contributed by atoms with Crippen molar-refractivity contribution in [3.8, 4) is 0 Å². The number of thiophene rings is 1. The van der Waals surface area contributed by atoms with Gasteiger partial charge in [-0.25, -0.2) is 0 Å². The number of halogens is 3. The summed E-state index contributed by atoms with van der Waals surface area (Å²) in [5.74, 6) is 0.378. The minimum atomic E-state index is -4.40. The van der Waals surface area contributed by atoms with Gasteiger partial charge in [-0.15, -0.1) is 11.3 Å². The molecule has 1 aromatic carbocycles. The highest BCUT2D eigenvalue weighted by Crippen LogP contribution is 2.41. The third kappa shape index (κ3) is 3.95. The third-order valence-electron chi connectivity index (χ3n) is 5.68. The van der Waals surface area contributed by atoms with Crippen molar-refractivity contribution in [1.29, 1.82) is 0 Å². The first-order chi connectivity index (χ1) is 13.3. The monoisotopic (exact) mass is 426 g/mol. The third-order valence-corrected chi connectivity index (χ3v) is 7.98. The van der Waals surface area contributed by atoms with Gasteiger partial charge in [0, 0.05) is 17.0 Å². The Bertz CT molecular complexity index is 857. The Kier molecular flexibility index (Phi) is 5.46. The van der Waals surface area contributed by atoms with Crippen LogP contribution in [0.1, 0.15) is 35.0 Å². The van der Waals surface area contributed by atoms with Crippen LogP contribution in [0.4, 0.5) is 13.2 Å². The van der Waals surface area contributed by atoms with Crippen LogP contribution in [0.25, 0.3) is 0 Å².